The van der Waals surface area contributed by atoms with Crippen molar-refractivity contribution < 1.29 is 9.59 Å². The van der Waals surface area contributed by atoms with Gasteiger partial charge in [-0.25, -0.2) is 5.43 Å². The van der Waals surface area contributed by atoms with Gasteiger partial charge in [-0.2, -0.15) is 5.10 Å². The highest BCUT2D eigenvalue weighted by molar-refractivity contribution is 6.01. The number of nitrogens with zero attached hydrogens (tertiary/aromatic N) is 3. The van der Waals surface area contributed by atoms with Crippen molar-refractivity contribution >= 4 is 35.1 Å². The summed E-state index contributed by atoms with van der Waals surface area (Å²) in [6.07, 6.45) is 1.73. The third-order valence-electron chi connectivity index (χ3n) is 5.27. The van der Waals surface area contributed by atoms with Crippen LogP contribution in [0.4, 0.5) is 17.1 Å². The number of rotatable bonds is 10. The Labute approximate surface area is 195 Å². The first kappa shape index (κ1) is 23.7. The highest BCUT2D eigenvalue weighted by atomic mass is 16.2. The maximum Gasteiger partial charge on any atom is 0.240 e. The van der Waals surface area contributed by atoms with E-state index in [4.69, 9.17) is 0 Å². The molecule has 0 bridgehead atoms. The molecule has 3 rings (SSSR count). The number of nitrogens with one attached hydrogen (secondary N) is 1. The first-order valence-corrected chi connectivity index (χ1v) is 11.2. The van der Waals surface area contributed by atoms with E-state index < -0.39 is 0 Å². The standard InChI is InChI=1S/C27H30N4O2/c1-3-30(4-2)23-17-15-22(16-18-23)21-28-29-26(32)19-20-27(33)31(24-11-7-5-8-12-24)25-13-9-6-10-14-25/h5-18,21H,3-4,19-20H2,1-2H3,(H,29,32)/b28-21+. The minimum absolute atomic E-state index is 0.0488. The lowest BCUT2D eigenvalue weighted by Gasteiger charge is -2.23. The molecule has 1 N–H and O–H groups in total. The average molecular weight is 443 g/mol. The van der Waals surface area contributed by atoms with Crippen LogP contribution in [0.1, 0.15) is 32.3 Å². The van der Waals surface area contributed by atoms with Crippen molar-refractivity contribution in [3.8, 4) is 0 Å². The van der Waals surface area contributed by atoms with Gasteiger partial charge in [0.25, 0.3) is 0 Å². The van der Waals surface area contributed by atoms with Crippen molar-refractivity contribution in [3.63, 3.8) is 0 Å². The second-order valence-electron chi connectivity index (χ2n) is 7.46. The SMILES string of the molecule is CCN(CC)c1ccc(/C=N/NC(=O)CCC(=O)N(c2ccccc2)c2ccccc2)cc1. The Hall–Kier alpha value is -3.93. The van der Waals surface area contributed by atoms with E-state index in [2.05, 4.69) is 29.3 Å². The van der Waals surface area contributed by atoms with E-state index in [0.717, 1.165) is 35.7 Å². The lowest BCUT2D eigenvalue weighted by Crippen LogP contribution is -2.27. The molecule has 0 aromatic heterocycles. The van der Waals surface area contributed by atoms with Crippen LogP contribution in [0.5, 0.6) is 0 Å². The molecule has 33 heavy (non-hydrogen) atoms. The predicted octanol–water partition coefficient (Wildman–Crippen LogP) is 5.13. The molecule has 0 atom stereocenters. The van der Waals surface area contributed by atoms with Gasteiger partial charge in [0.15, 0.2) is 0 Å². The highest BCUT2D eigenvalue weighted by Crippen LogP contribution is 2.26. The predicted molar refractivity (Wildman–Crippen MR) is 135 cm³/mol. The molecule has 170 valence electrons. The van der Waals surface area contributed by atoms with Gasteiger partial charge in [0.05, 0.1) is 6.21 Å². The van der Waals surface area contributed by atoms with E-state index in [1.165, 1.54) is 0 Å². The molecule has 3 aromatic rings. The lowest BCUT2D eigenvalue weighted by molar-refractivity contribution is -0.124. The molecule has 0 spiro atoms. The summed E-state index contributed by atoms with van der Waals surface area (Å²) in [5.41, 5.74) is 6.09. The molecule has 0 saturated carbocycles. The Morgan fingerprint density at radius 2 is 1.30 bits per heavy atom. The van der Waals surface area contributed by atoms with Gasteiger partial charge in [-0.3, -0.25) is 14.5 Å². The summed E-state index contributed by atoms with van der Waals surface area (Å²) < 4.78 is 0. The van der Waals surface area contributed by atoms with Gasteiger partial charge in [0.1, 0.15) is 0 Å². The van der Waals surface area contributed by atoms with Gasteiger partial charge in [-0.05, 0) is 55.8 Å². The van der Waals surface area contributed by atoms with E-state index in [-0.39, 0.29) is 24.7 Å². The van der Waals surface area contributed by atoms with E-state index in [0.29, 0.717) is 0 Å². The summed E-state index contributed by atoms with van der Waals surface area (Å²) >= 11 is 0. The third kappa shape index (κ3) is 6.77. The molecule has 3 aromatic carbocycles. The Kier molecular flexibility index (Phi) is 8.77. The summed E-state index contributed by atoms with van der Waals surface area (Å²) in [6.45, 7) is 6.14. The van der Waals surface area contributed by atoms with Gasteiger partial charge in [0.2, 0.25) is 11.8 Å². The Bertz CT molecular complexity index is 1010. The van der Waals surface area contributed by atoms with Gasteiger partial charge < -0.3 is 4.90 Å². The molecule has 6 nitrogen and oxygen atoms in total. The van der Waals surface area contributed by atoms with Crippen molar-refractivity contribution in [2.75, 3.05) is 22.9 Å². The number of hydrogen-bond donors (Lipinski definition) is 1. The number of anilines is 3. The number of benzene rings is 3. The minimum atomic E-state index is -0.305. The van der Waals surface area contributed by atoms with Crippen LogP contribution in [0.15, 0.2) is 90.0 Å². The number of carbonyl (C=O) groups is 2. The fraction of sp³-hybridized carbons (Fsp3) is 0.222. The molecular weight excluding hydrogens is 412 g/mol. The van der Waals surface area contributed by atoms with Gasteiger partial charge in [-0.1, -0.05) is 48.5 Å². The summed E-state index contributed by atoms with van der Waals surface area (Å²) in [4.78, 5) is 29.1. The van der Waals surface area contributed by atoms with Crippen molar-refractivity contribution in [3.05, 3.63) is 90.5 Å². The average Bonchev–Trinajstić information content (AvgIpc) is 2.86. The van der Waals surface area contributed by atoms with Crippen LogP contribution >= 0.6 is 0 Å². The molecule has 0 aliphatic heterocycles. The molecule has 0 radical (unpaired) electrons. The fourth-order valence-electron chi connectivity index (χ4n) is 3.52. The van der Waals surface area contributed by atoms with E-state index in [9.17, 15) is 9.59 Å². The monoisotopic (exact) mass is 442 g/mol. The smallest absolute Gasteiger partial charge is 0.240 e. The van der Waals surface area contributed by atoms with Crippen molar-refractivity contribution in [2.24, 2.45) is 5.10 Å². The molecular formula is C27H30N4O2. The summed E-state index contributed by atoms with van der Waals surface area (Å²) in [6, 6.07) is 26.8. The molecule has 0 saturated heterocycles. The molecule has 0 fully saturated rings. The van der Waals surface area contributed by atoms with Crippen molar-refractivity contribution in [1.82, 2.24) is 5.43 Å². The third-order valence-corrected chi connectivity index (χ3v) is 5.27. The highest BCUT2D eigenvalue weighted by Gasteiger charge is 2.18. The first-order valence-electron chi connectivity index (χ1n) is 11.2. The van der Waals surface area contributed by atoms with Crippen LogP contribution in [0.2, 0.25) is 0 Å². The second-order valence-corrected chi connectivity index (χ2v) is 7.46. The van der Waals surface area contributed by atoms with E-state index in [1.807, 2.05) is 84.9 Å². The van der Waals surface area contributed by atoms with E-state index in [1.54, 1.807) is 11.1 Å². The van der Waals surface area contributed by atoms with Gasteiger partial charge >= 0.3 is 0 Å². The zero-order valence-electron chi connectivity index (χ0n) is 19.1. The van der Waals surface area contributed by atoms with Gasteiger partial charge in [0, 0.05) is 43.0 Å². The Balaban J connectivity index is 1.55. The largest absolute Gasteiger partial charge is 0.372 e. The summed E-state index contributed by atoms with van der Waals surface area (Å²) in [7, 11) is 0. The fourth-order valence-corrected chi connectivity index (χ4v) is 3.52. The quantitative estimate of drug-likeness (QED) is 0.350. The molecule has 0 aliphatic carbocycles. The molecule has 6 heteroatoms. The Morgan fingerprint density at radius 1 is 0.758 bits per heavy atom. The minimum Gasteiger partial charge on any atom is -0.372 e. The summed E-state index contributed by atoms with van der Waals surface area (Å²) in [5, 5.41) is 4.03. The summed E-state index contributed by atoms with van der Waals surface area (Å²) in [5.74, 6) is -0.459. The maximum absolute atomic E-state index is 13.0. The van der Waals surface area contributed by atoms with Crippen molar-refractivity contribution in [1.29, 1.82) is 0 Å². The maximum atomic E-state index is 13.0. The zero-order chi connectivity index (χ0) is 23.5. The van der Waals surface area contributed by atoms with Crippen LogP contribution in [0, 0.1) is 0 Å². The zero-order valence-corrected chi connectivity index (χ0v) is 19.1. The van der Waals surface area contributed by atoms with Crippen molar-refractivity contribution in [2.45, 2.75) is 26.7 Å². The Morgan fingerprint density at radius 3 is 1.82 bits per heavy atom. The number of amides is 2. The second kappa shape index (κ2) is 12.2. The molecule has 2 amide bonds. The lowest BCUT2D eigenvalue weighted by atomic mass is 10.2. The number of para-hydroxylation sites is 2. The van der Waals surface area contributed by atoms with Crippen LogP contribution < -0.4 is 15.2 Å². The van der Waals surface area contributed by atoms with Gasteiger partial charge in [-0.15, -0.1) is 0 Å². The van der Waals surface area contributed by atoms with Crippen LogP contribution in [0.3, 0.4) is 0 Å². The number of hydrazone groups is 1. The van der Waals surface area contributed by atoms with E-state index >= 15 is 0 Å². The molecule has 0 heterocycles. The number of carbonyl (C=O) groups excluding carboxylic acids is 2. The van der Waals surface area contributed by atoms with Crippen LogP contribution in [-0.4, -0.2) is 31.1 Å². The topological polar surface area (TPSA) is 65.0 Å². The van der Waals surface area contributed by atoms with Crippen LogP contribution in [0.25, 0.3) is 0 Å². The molecule has 0 aliphatic rings. The first-order chi connectivity index (χ1) is 16.1. The normalized spacial score (nSPS) is 10.7. The van der Waals surface area contributed by atoms with Crippen LogP contribution in [-0.2, 0) is 9.59 Å². The number of hydrogen-bond acceptors (Lipinski definition) is 4. The molecule has 0 unspecified atom stereocenters.